The smallest absolute Gasteiger partial charge is 0.254 e. The number of likely N-dealkylation sites (tertiary alicyclic amines) is 1. The highest BCUT2D eigenvalue weighted by Crippen LogP contribution is 2.14. The molecule has 1 unspecified atom stereocenters. The summed E-state index contributed by atoms with van der Waals surface area (Å²) in [7, 11) is 0. The number of hydrogen-bond donors (Lipinski definition) is 1. The second-order valence-electron chi connectivity index (χ2n) is 5.53. The number of amides is 1. The van der Waals surface area contributed by atoms with Gasteiger partial charge in [0.15, 0.2) is 0 Å². The molecule has 110 valence electrons. The maximum absolute atomic E-state index is 12.0. The van der Waals surface area contributed by atoms with E-state index in [-0.39, 0.29) is 5.91 Å². The van der Waals surface area contributed by atoms with Crippen LogP contribution in [0.15, 0.2) is 18.5 Å². The summed E-state index contributed by atoms with van der Waals surface area (Å²) >= 11 is 5.98. The maximum atomic E-state index is 12.0. The molecule has 1 aliphatic heterocycles. The predicted molar refractivity (Wildman–Crippen MR) is 81.0 cm³/mol. The van der Waals surface area contributed by atoms with Crippen molar-refractivity contribution in [1.82, 2.24) is 15.2 Å². The quantitative estimate of drug-likeness (QED) is 0.908. The van der Waals surface area contributed by atoms with E-state index in [9.17, 15) is 4.79 Å². The molecule has 0 aromatic carbocycles. The molecule has 1 atom stereocenters. The standard InChI is InChI=1S/C15H22ClN3O/c1-12(11-19-7-3-2-4-8-19)9-18-15(20)13-10-17-6-5-14(13)16/h5-6,10,12H,2-4,7-9,11H2,1H3,(H,18,20). The van der Waals surface area contributed by atoms with Crippen LogP contribution in [-0.2, 0) is 0 Å². The number of pyridine rings is 1. The maximum Gasteiger partial charge on any atom is 0.254 e. The minimum Gasteiger partial charge on any atom is -0.352 e. The summed E-state index contributed by atoms with van der Waals surface area (Å²) < 4.78 is 0. The van der Waals surface area contributed by atoms with Crippen LogP contribution in [0.25, 0.3) is 0 Å². The topological polar surface area (TPSA) is 45.2 Å². The van der Waals surface area contributed by atoms with Crippen molar-refractivity contribution < 1.29 is 4.79 Å². The first kappa shape index (κ1) is 15.3. The van der Waals surface area contributed by atoms with Crippen molar-refractivity contribution in [3.63, 3.8) is 0 Å². The SMILES string of the molecule is CC(CNC(=O)c1cnccc1Cl)CN1CCCCC1. The molecule has 2 rings (SSSR count). The number of aromatic nitrogens is 1. The van der Waals surface area contributed by atoms with Crippen LogP contribution < -0.4 is 5.32 Å². The van der Waals surface area contributed by atoms with Crippen molar-refractivity contribution in [2.75, 3.05) is 26.2 Å². The molecule has 5 heteroatoms. The van der Waals surface area contributed by atoms with E-state index in [1.807, 2.05) is 0 Å². The molecule has 1 saturated heterocycles. The Balaban J connectivity index is 1.76. The molecule has 0 bridgehead atoms. The molecule has 1 aromatic rings. The Morgan fingerprint density at radius 2 is 2.20 bits per heavy atom. The van der Waals surface area contributed by atoms with Gasteiger partial charge in [-0.3, -0.25) is 9.78 Å². The van der Waals surface area contributed by atoms with Gasteiger partial charge in [0.2, 0.25) is 0 Å². The van der Waals surface area contributed by atoms with Crippen molar-refractivity contribution in [3.8, 4) is 0 Å². The predicted octanol–water partition coefficient (Wildman–Crippen LogP) is 2.59. The Bertz CT molecular complexity index is 446. The minimum absolute atomic E-state index is 0.145. The Kier molecular flexibility index (Phi) is 5.80. The van der Waals surface area contributed by atoms with Crippen LogP contribution in [0.3, 0.4) is 0 Å². The molecule has 2 heterocycles. The van der Waals surface area contributed by atoms with Crippen LogP contribution in [0.4, 0.5) is 0 Å². The zero-order valence-electron chi connectivity index (χ0n) is 11.9. The van der Waals surface area contributed by atoms with Crippen LogP contribution in [0, 0.1) is 5.92 Å². The molecule has 1 amide bonds. The third-order valence-electron chi connectivity index (χ3n) is 3.64. The number of halogens is 1. The number of nitrogens with one attached hydrogen (secondary N) is 1. The molecule has 1 N–H and O–H groups in total. The van der Waals surface area contributed by atoms with E-state index in [1.165, 1.54) is 38.5 Å². The first-order valence-electron chi connectivity index (χ1n) is 7.27. The molecule has 1 fully saturated rings. The van der Waals surface area contributed by atoms with E-state index in [0.29, 0.717) is 23.0 Å². The summed E-state index contributed by atoms with van der Waals surface area (Å²) in [6, 6.07) is 1.63. The van der Waals surface area contributed by atoms with Gasteiger partial charge in [-0.1, -0.05) is 24.9 Å². The van der Waals surface area contributed by atoms with E-state index in [1.54, 1.807) is 12.3 Å². The van der Waals surface area contributed by atoms with Crippen molar-refractivity contribution in [2.24, 2.45) is 5.92 Å². The van der Waals surface area contributed by atoms with Crippen LogP contribution in [0.1, 0.15) is 36.5 Å². The molecule has 0 saturated carbocycles. The monoisotopic (exact) mass is 295 g/mol. The summed E-state index contributed by atoms with van der Waals surface area (Å²) in [4.78, 5) is 18.4. The Labute approximate surface area is 125 Å². The normalized spacial score (nSPS) is 17.7. The lowest BCUT2D eigenvalue weighted by Crippen LogP contribution is -2.38. The molecule has 0 aliphatic carbocycles. The summed E-state index contributed by atoms with van der Waals surface area (Å²) in [6.07, 6.45) is 7.03. The fourth-order valence-corrected chi connectivity index (χ4v) is 2.74. The van der Waals surface area contributed by atoms with Gasteiger partial charge in [0.05, 0.1) is 10.6 Å². The van der Waals surface area contributed by atoms with E-state index in [4.69, 9.17) is 11.6 Å². The fourth-order valence-electron chi connectivity index (χ4n) is 2.55. The van der Waals surface area contributed by atoms with Gasteiger partial charge in [0.1, 0.15) is 0 Å². The minimum atomic E-state index is -0.145. The van der Waals surface area contributed by atoms with Crippen LogP contribution >= 0.6 is 11.6 Å². The first-order valence-corrected chi connectivity index (χ1v) is 7.64. The lowest BCUT2D eigenvalue weighted by Gasteiger charge is -2.29. The second kappa shape index (κ2) is 7.60. The fraction of sp³-hybridized carbons (Fsp3) is 0.600. The lowest BCUT2D eigenvalue weighted by atomic mass is 10.1. The molecule has 0 spiro atoms. The van der Waals surface area contributed by atoms with Gasteiger partial charge < -0.3 is 10.2 Å². The van der Waals surface area contributed by atoms with Gasteiger partial charge in [-0.15, -0.1) is 0 Å². The third-order valence-corrected chi connectivity index (χ3v) is 3.97. The molecule has 1 aromatic heterocycles. The van der Waals surface area contributed by atoms with Crippen LogP contribution in [0.5, 0.6) is 0 Å². The highest BCUT2D eigenvalue weighted by atomic mass is 35.5. The number of carbonyl (C=O) groups is 1. The Hall–Kier alpha value is -1.13. The van der Waals surface area contributed by atoms with E-state index >= 15 is 0 Å². The number of nitrogens with zero attached hydrogens (tertiary/aromatic N) is 2. The Morgan fingerprint density at radius 1 is 1.45 bits per heavy atom. The summed E-state index contributed by atoms with van der Waals surface area (Å²) in [6.45, 7) is 6.25. The number of carbonyl (C=O) groups excluding carboxylic acids is 1. The average molecular weight is 296 g/mol. The van der Waals surface area contributed by atoms with Crippen molar-refractivity contribution in [3.05, 3.63) is 29.0 Å². The number of rotatable bonds is 5. The molecule has 1 aliphatic rings. The van der Waals surface area contributed by atoms with E-state index < -0.39 is 0 Å². The van der Waals surface area contributed by atoms with Gasteiger partial charge in [-0.05, 0) is 37.9 Å². The average Bonchev–Trinajstić information content (AvgIpc) is 2.46. The van der Waals surface area contributed by atoms with E-state index in [2.05, 4.69) is 22.1 Å². The molecular weight excluding hydrogens is 274 g/mol. The first-order chi connectivity index (χ1) is 9.66. The van der Waals surface area contributed by atoms with Gasteiger partial charge in [-0.2, -0.15) is 0 Å². The van der Waals surface area contributed by atoms with E-state index in [0.717, 1.165) is 6.54 Å². The van der Waals surface area contributed by atoms with Crippen LogP contribution in [-0.4, -0.2) is 42.0 Å². The van der Waals surface area contributed by atoms with Gasteiger partial charge in [0.25, 0.3) is 5.91 Å². The van der Waals surface area contributed by atoms with Crippen molar-refractivity contribution in [2.45, 2.75) is 26.2 Å². The van der Waals surface area contributed by atoms with Gasteiger partial charge in [0, 0.05) is 25.5 Å². The van der Waals surface area contributed by atoms with Crippen molar-refractivity contribution >= 4 is 17.5 Å². The Morgan fingerprint density at radius 3 is 2.90 bits per heavy atom. The molecule has 4 nitrogen and oxygen atoms in total. The summed E-state index contributed by atoms with van der Waals surface area (Å²) in [5.41, 5.74) is 0.444. The molecular formula is C15H22ClN3O. The second-order valence-corrected chi connectivity index (χ2v) is 5.94. The molecule has 0 radical (unpaired) electrons. The zero-order chi connectivity index (χ0) is 14.4. The van der Waals surface area contributed by atoms with Crippen molar-refractivity contribution in [1.29, 1.82) is 0 Å². The summed E-state index contributed by atoms with van der Waals surface area (Å²) in [5, 5.41) is 3.38. The highest BCUT2D eigenvalue weighted by molar-refractivity contribution is 6.33. The largest absolute Gasteiger partial charge is 0.352 e. The number of piperidine rings is 1. The third kappa shape index (κ3) is 4.46. The summed E-state index contributed by atoms with van der Waals surface area (Å²) in [5.74, 6) is 0.293. The number of hydrogen-bond acceptors (Lipinski definition) is 3. The van der Waals surface area contributed by atoms with Gasteiger partial charge >= 0.3 is 0 Å². The zero-order valence-corrected chi connectivity index (χ0v) is 12.7. The van der Waals surface area contributed by atoms with Gasteiger partial charge in [-0.25, -0.2) is 0 Å². The van der Waals surface area contributed by atoms with Crippen LogP contribution in [0.2, 0.25) is 5.02 Å². The lowest BCUT2D eigenvalue weighted by molar-refractivity contribution is 0.0942. The molecule has 20 heavy (non-hydrogen) atoms. The highest BCUT2D eigenvalue weighted by Gasteiger charge is 2.15.